The fourth-order valence-corrected chi connectivity index (χ4v) is 15.4. The van der Waals surface area contributed by atoms with Gasteiger partial charge in [0.2, 0.25) is 5.79 Å². The summed E-state index contributed by atoms with van der Waals surface area (Å²) in [6.07, 6.45) is -27.2. The van der Waals surface area contributed by atoms with Crippen molar-refractivity contribution in [2.24, 2.45) is 40.4 Å². The minimum absolute atomic E-state index is 0.00219. The number of allylic oxidation sites excluding steroid dienone is 1. The summed E-state index contributed by atoms with van der Waals surface area (Å²) >= 11 is 0. The minimum Gasteiger partial charge on any atom is -0.394 e. The zero-order valence-electron chi connectivity index (χ0n) is 42.5. The van der Waals surface area contributed by atoms with Crippen LogP contribution in [0.1, 0.15) is 78.6 Å². The first kappa shape index (κ1) is 56.8. The third kappa shape index (κ3) is 9.43. The lowest BCUT2D eigenvalue weighted by Gasteiger charge is -2.59. The summed E-state index contributed by atoms with van der Waals surface area (Å²) in [5.74, 6) is -2.58. The number of hydrogen-bond acceptors (Lipinski definition) is 24. The average Bonchev–Trinajstić information content (AvgIpc) is 3.85. The van der Waals surface area contributed by atoms with Gasteiger partial charge in [0.05, 0.1) is 51.3 Å². The molecular weight excluding hydrogens is 997 g/mol. The van der Waals surface area contributed by atoms with Crippen molar-refractivity contribution in [2.75, 3.05) is 33.0 Å². The van der Waals surface area contributed by atoms with Crippen LogP contribution in [-0.4, -0.2) is 245 Å². The largest absolute Gasteiger partial charge is 0.394 e. The molecule has 75 heavy (non-hydrogen) atoms. The third-order valence-corrected chi connectivity index (χ3v) is 19.6. The van der Waals surface area contributed by atoms with Crippen LogP contribution in [0.4, 0.5) is 0 Å². The zero-order chi connectivity index (χ0) is 53.8. The van der Waals surface area contributed by atoms with Gasteiger partial charge in [0.15, 0.2) is 30.9 Å². The van der Waals surface area contributed by atoms with Gasteiger partial charge in [-0.25, -0.2) is 0 Å². The smallest absolute Gasteiger partial charge is 0.226 e. The van der Waals surface area contributed by atoms with E-state index in [-0.39, 0.29) is 35.9 Å². The van der Waals surface area contributed by atoms with E-state index in [1.54, 1.807) is 0 Å². The second kappa shape index (κ2) is 21.4. The summed E-state index contributed by atoms with van der Waals surface area (Å²) in [4.78, 5) is 0. The highest BCUT2D eigenvalue weighted by atomic mass is 16.8. The summed E-state index contributed by atoms with van der Waals surface area (Å²) < 4.78 is 60.7. The summed E-state index contributed by atoms with van der Waals surface area (Å²) in [5.41, 5.74) is 1.50. The van der Waals surface area contributed by atoms with E-state index < -0.39 is 160 Å². The average molecular weight is 1080 g/mol. The SMILES string of the molecule is C=C1CCC2(OC1)OC1CC3C4CC=C5CC(O)CCC5(COC5OC(CO)C(O)(OC6OC(CO)C(OC7OC(C)C(O)C(O)C7O)C(OC7OC(CO)C(O)C(O)C7O)C6O)C(O)C5O)C4CCC3(C)C1C2C. The molecule has 10 aliphatic rings. The number of hydrogen-bond donors (Lipinski definition) is 14. The van der Waals surface area contributed by atoms with Crippen LogP contribution in [0, 0.1) is 40.4 Å². The molecule has 0 aromatic carbocycles. The molecule has 14 N–H and O–H groups in total. The standard InChI is InChI=1S/C51H80O24/c1-20-7-12-50(67-18-20)21(2)32-28(74-50)14-27-25-6-5-23-13-24(55)8-11-49(23,26(25)9-10-48(27,32)4)19-66-44-40(63)43(64)51(65,31(17-54)71-44)75-47-39(62)42(73-46-38(61)36(59)34(57)29(15-52)69-46)41(30(16-53)70-47)72-45-37(60)35(58)33(56)22(3)68-45/h5,21-22,24-47,52-65H,1,6-19H2,2-4H3. The van der Waals surface area contributed by atoms with Crippen LogP contribution in [0.5, 0.6) is 0 Å². The van der Waals surface area contributed by atoms with Crippen molar-refractivity contribution in [3.63, 3.8) is 0 Å². The molecule has 30 unspecified atom stereocenters. The first-order valence-electron chi connectivity index (χ1n) is 26.8. The maximum absolute atomic E-state index is 12.2. The second-order valence-corrected chi connectivity index (χ2v) is 23.6. The van der Waals surface area contributed by atoms with Crippen LogP contribution in [0.15, 0.2) is 23.8 Å². The number of rotatable bonds is 12. The molecule has 0 radical (unpaired) electrons. The molecule has 24 heteroatoms. The van der Waals surface area contributed by atoms with Crippen molar-refractivity contribution in [2.45, 2.75) is 219 Å². The molecule has 24 nitrogen and oxygen atoms in total. The molecule has 3 saturated carbocycles. The molecule has 4 aliphatic carbocycles. The Kier molecular flexibility index (Phi) is 16.2. The van der Waals surface area contributed by atoms with E-state index in [2.05, 4.69) is 26.5 Å². The van der Waals surface area contributed by atoms with Gasteiger partial charge in [0.25, 0.3) is 0 Å². The highest BCUT2D eigenvalue weighted by Gasteiger charge is 2.70. The maximum Gasteiger partial charge on any atom is 0.226 e. The zero-order valence-corrected chi connectivity index (χ0v) is 42.5. The molecule has 1 spiro atoms. The monoisotopic (exact) mass is 1080 g/mol. The van der Waals surface area contributed by atoms with Gasteiger partial charge in [0, 0.05) is 17.8 Å². The van der Waals surface area contributed by atoms with Gasteiger partial charge in [-0.2, -0.15) is 0 Å². The highest BCUT2D eigenvalue weighted by molar-refractivity contribution is 5.28. The summed E-state index contributed by atoms with van der Waals surface area (Å²) in [7, 11) is 0. The fraction of sp³-hybridized carbons (Fsp3) is 0.922. The quantitative estimate of drug-likeness (QED) is 0.0659. The summed E-state index contributed by atoms with van der Waals surface area (Å²) in [6.45, 7) is 7.72. The predicted octanol–water partition coefficient (Wildman–Crippen LogP) is -3.75. The molecule has 6 aliphatic heterocycles. The topological polar surface area (TPSA) is 376 Å². The lowest BCUT2D eigenvalue weighted by molar-refractivity contribution is -0.450. The van der Waals surface area contributed by atoms with E-state index in [1.165, 1.54) is 6.92 Å². The Balaban J connectivity index is 0.866. The number of aliphatic hydroxyl groups excluding tert-OH is 13. The molecule has 0 bridgehead atoms. The van der Waals surface area contributed by atoms with Gasteiger partial charge in [-0.1, -0.05) is 37.6 Å². The fourth-order valence-electron chi connectivity index (χ4n) is 15.4. The van der Waals surface area contributed by atoms with Crippen LogP contribution < -0.4 is 0 Å². The Hall–Kier alpha value is -1.48. The van der Waals surface area contributed by atoms with E-state index in [4.69, 9.17) is 47.4 Å². The number of ether oxygens (including phenoxy) is 10. The molecule has 0 aromatic heterocycles. The molecule has 9 fully saturated rings. The minimum atomic E-state index is -3.13. The number of aliphatic hydroxyl groups is 14. The lowest BCUT2D eigenvalue weighted by Crippen LogP contribution is -2.72. The van der Waals surface area contributed by atoms with E-state index in [1.807, 2.05) is 0 Å². The summed E-state index contributed by atoms with van der Waals surface area (Å²) in [5, 5.41) is 154. The molecule has 6 heterocycles. The molecule has 10 rings (SSSR count). The van der Waals surface area contributed by atoms with Crippen LogP contribution in [0.25, 0.3) is 0 Å². The highest BCUT2D eigenvalue weighted by Crippen LogP contribution is 2.71. The summed E-state index contributed by atoms with van der Waals surface area (Å²) in [6, 6.07) is 0. The molecule has 428 valence electrons. The molecule has 30 atom stereocenters. The Labute approximate surface area is 434 Å². The first-order valence-corrected chi connectivity index (χ1v) is 26.8. The van der Waals surface area contributed by atoms with E-state index in [9.17, 15) is 71.5 Å². The Morgan fingerprint density at radius 1 is 0.693 bits per heavy atom. The van der Waals surface area contributed by atoms with E-state index in [0.29, 0.717) is 37.7 Å². The Morgan fingerprint density at radius 2 is 1.37 bits per heavy atom. The molecule has 0 amide bonds. The van der Waals surface area contributed by atoms with Gasteiger partial charge >= 0.3 is 0 Å². The van der Waals surface area contributed by atoms with Gasteiger partial charge in [-0.3, -0.25) is 0 Å². The first-order chi connectivity index (χ1) is 35.6. The second-order valence-electron chi connectivity index (χ2n) is 23.6. The molecule has 6 saturated heterocycles. The van der Waals surface area contributed by atoms with Gasteiger partial charge in [0.1, 0.15) is 85.5 Å². The van der Waals surface area contributed by atoms with E-state index in [0.717, 1.165) is 49.7 Å². The van der Waals surface area contributed by atoms with E-state index >= 15 is 0 Å². The van der Waals surface area contributed by atoms with Crippen molar-refractivity contribution in [1.29, 1.82) is 0 Å². The predicted molar refractivity (Wildman–Crippen MR) is 249 cm³/mol. The Bertz CT molecular complexity index is 2040. The van der Waals surface area contributed by atoms with Crippen LogP contribution in [0.2, 0.25) is 0 Å². The van der Waals surface area contributed by atoms with Gasteiger partial charge < -0.3 is 119 Å². The van der Waals surface area contributed by atoms with Crippen molar-refractivity contribution in [3.05, 3.63) is 23.8 Å². The van der Waals surface area contributed by atoms with Crippen molar-refractivity contribution < 1.29 is 119 Å². The van der Waals surface area contributed by atoms with Crippen LogP contribution in [0.3, 0.4) is 0 Å². The Morgan fingerprint density at radius 3 is 2.05 bits per heavy atom. The van der Waals surface area contributed by atoms with Gasteiger partial charge in [-0.15, -0.1) is 0 Å². The van der Waals surface area contributed by atoms with Crippen LogP contribution in [-0.2, 0) is 47.4 Å². The van der Waals surface area contributed by atoms with Crippen molar-refractivity contribution in [3.8, 4) is 0 Å². The van der Waals surface area contributed by atoms with Crippen molar-refractivity contribution >= 4 is 0 Å². The van der Waals surface area contributed by atoms with Crippen LogP contribution >= 0.6 is 0 Å². The third-order valence-electron chi connectivity index (χ3n) is 19.6. The van der Waals surface area contributed by atoms with Gasteiger partial charge in [-0.05, 0) is 87.4 Å². The van der Waals surface area contributed by atoms with Crippen molar-refractivity contribution in [1.82, 2.24) is 0 Å². The molecule has 0 aromatic rings. The lowest BCUT2D eigenvalue weighted by atomic mass is 9.46. The number of fused-ring (bicyclic) bond motifs is 7. The maximum atomic E-state index is 12.2. The molecular formula is C51H80O24. The normalized spacial score (nSPS) is 56.0.